The second kappa shape index (κ2) is 4.82. The van der Waals surface area contributed by atoms with E-state index in [0.717, 1.165) is 25.7 Å². The molecule has 2 nitrogen and oxygen atoms in total. The van der Waals surface area contributed by atoms with Crippen molar-refractivity contribution in [1.82, 2.24) is 0 Å². The zero-order valence-electron chi connectivity index (χ0n) is 13.9. The van der Waals surface area contributed by atoms with Crippen LogP contribution in [0.15, 0.2) is 18.2 Å². The zero-order chi connectivity index (χ0) is 15.4. The van der Waals surface area contributed by atoms with Crippen LogP contribution < -0.4 is 11.5 Å². The molecule has 2 aliphatic rings. The van der Waals surface area contributed by atoms with E-state index >= 15 is 0 Å². The lowest BCUT2D eigenvalue weighted by Gasteiger charge is -2.37. The lowest BCUT2D eigenvalue weighted by atomic mass is 9.74. The van der Waals surface area contributed by atoms with Crippen molar-refractivity contribution < 1.29 is 0 Å². The molecular formula is C19H30N2. The van der Waals surface area contributed by atoms with Crippen molar-refractivity contribution >= 4 is 0 Å². The molecule has 1 aromatic rings. The van der Waals surface area contributed by atoms with Gasteiger partial charge in [-0.3, -0.25) is 0 Å². The van der Waals surface area contributed by atoms with Crippen LogP contribution in [0.3, 0.4) is 0 Å². The molecule has 0 heterocycles. The van der Waals surface area contributed by atoms with Gasteiger partial charge in [0.15, 0.2) is 0 Å². The van der Waals surface area contributed by atoms with Crippen LogP contribution in [-0.2, 0) is 11.0 Å². The number of benzene rings is 1. The molecule has 0 radical (unpaired) electrons. The Morgan fingerprint density at radius 1 is 1.10 bits per heavy atom. The predicted octanol–water partition coefficient (Wildman–Crippen LogP) is 3.77. The minimum Gasteiger partial charge on any atom is -0.328 e. The first-order valence-corrected chi connectivity index (χ1v) is 8.45. The summed E-state index contributed by atoms with van der Waals surface area (Å²) in [7, 11) is 0. The van der Waals surface area contributed by atoms with Crippen LogP contribution in [0.1, 0.15) is 76.0 Å². The summed E-state index contributed by atoms with van der Waals surface area (Å²) in [5.74, 6) is 1.29. The van der Waals surface area contributed by atoms with Gasteiger partial charge in [0.1, 0.15) is 0 Å². The highest BCUT2D eigenvalue weighted by Gasteiger charge is 2.42. The molecule has 0 spiro atoms. The van der Waals surface area contributed by atoms with Gasteiger partial charge in [-0.25, -0.2) is 0 Å². The van der Waals surface area contributed by atoms with Gasteiger partial charge in [0, 0.05) is 11.6 Å². The minimum atomic E-state index is -0.166. The van der Waals surface area contributed by atoms with Gasteiger partial charge < -0.3 is 11.5 Å². The van der Waals surface area contributed by atoms with Gasteiger partial charge in [-0.2, -0.15) is 0 Å². The maximum absolute atomic E-state index is 6.73. The van der Waals surface area contributed by atoms with Gasteiger partial charge in [-0.15, -0.1) is 0 Å². The Bertz CT molecular complexity index is 538. The molecule has 0 aliphatic heterocycles. The first kappa shape index (κ1) is 15.1. The van der Waals surface area contributed by atoms with Crippen molar-refractivity contribution in [1.29, 1.82) is 0 Å². The average Bonchev–Trinajstić information content (AvgIpc) is 2.64. The molecule has 1 fully saturated rings. The van der Waals surface area contributed by atoms with Crippen molar-refractivity contribution in [2.75, 3.05) is 0 Å². The lowest BCUT2D eigenvalue weighted by molar-refractivity contribution is 0.277. The Labute approximate surface area is 129 Å². The summed E-state index contributed by atoms with van der Waals surface area (Å²) >= 11 is 0. The van der Waals surface area contributed by atoms with Gasteiger partial charge in [-0.1, -0.05) is 45.9 Å². The highest BCUT2D eigenvalue weighted by Crippen LogP contribution is 2.51. The molecule has 2 aliphatic carbocycles. The molecule has 21 heavy (non-hydrogen) atoms. The number of hydrogen-bond acceptors (Lipinski definition) is 2. The van der Waals surface area contributed by atoms with E-state index in [-0.39, 0.29) is 11.0 Å². The maximum atomic E-state index is 6.73. The molecule has 3 rings (SSSR count). The summed E-state index contributed by atoms with van der Waals surface area (Å²) in [6, 6.07) is 7.37. The first-order chi connectivity index (χ1) is 9.75. The normalized spacial score (nSPS) is 38.3. The van der Waals surface area contributed by atoms with Gasteiger partial charge in [0.05, 0.1) is 0 Å². The summed E-state index contributed by atoms with van der Waals surface area (Å²) < 4.78 is 0. The molecule has 0 aromatic heterocycles. The van der Waals surface area contributed by atoms with Crippen molar-refractivity contribution in [3.05, 3.63) is 34.9 Å². The number of fused-ring (bicyclic) bond motifs is 1. The molecule has 0 amide bonds. The highest BCUT2D eigenvalue weighted by atomic mass is 14.8. The topological polar surface area (TPSA) is 52.0 Å². The quantitative estimate of drug-likeness (QED) is 0.825. The van der Waals surface area contributed by atoms with Crippen molar-refractivity contribution in [2.45, 2.75) is 76.3 Å². The summed E-state index contributed by atoms with van der Waals surface area (Å²) in [6.07, 6.45) is 4.12. The Kier molecular flexibility index (Phi) is 3.46. The summed E-state index contributed by atoms with van der Waals surface area (Å²) in [5.41, 5.74) is 17.2. The standard InChI is InChI=1S/C19H30N2/c1-12-13(2)18(3,4)17-6-5-14(11-16(12)17)19(21)9-7-15(20)8-10-19/h5-6,11-13,15H,7-10,20-21H2,1-4H3. The molecule has 2 unspecified atom stereocenters. The second-order valence-corrected chi connectivity index (χ2v) is 8.09. The average molecular weight is 286 g/mol. The van der Waals surface area contributed by atoms with Crippen LogP contribution in [0.5, 0.6) is 0 Å². The van der Waals surface area contributed by atoms with Crippen molar-refractivity contribution in [3.63, 3.8) is 0 Å². The smallest absolute Gasteiger partial charge is 0.0410 e. The summed E-state index contributed by atoms with van der Waals surface area (Å²) in [4.78, 5) is 0. The predicted molar refractivity (Wildman–Crippen MR) is 89.4 cm³/mol. The number of rotatable bonds is 1. The van der Waals surface area contributed by atoms with Crippen LogP contribution in [-0.4, -0.2) is 6.04 Å². The van der Waals surface area contributed by atoms with Crippen molar-refractivity contribution in [2.24, 2.45) is 17.4 Å². The molecule has 116 valence electrons. The second-order valence-electron chi connectivity index (χ2n) is 8.09. The Balaban J connectivity index is 1.98. The van der Waals surface area contributed by atoms with E-state index in [9.17, 15) is 0 Å². The van der Waals surface area contributed by atoms with Crippen LogP contribution in [0.25, 0.3) is 0 Å². The van der Waals surface area contributed by atoms with E-state index in [0.29, 0.717) is 17.9 Å². The largest absolute Gasteiger partial charge is 0.328 e. The Hall–Kier alpha value is -0.860. The highest BCUT2D eigenvalue weighted by molar-refractivity contribution is 5.46. The van der Waals surface area contributed by atoms with E-state index in [1.807, 2.05) is 0 Å². The van der Waals surface area contributed by atoms with Crippen molar-refractivity contribution in [3.8, 4) is 0 Å². The fourth-order valence-electron chi connectivity index (χ4n) is 4.42. The van der Waals surface area contributed by atoms with Gasteiger partial charge in [0.25, 0.3) is 0 Å². The maximum Gasteiger partial charge on any atom is 0.0410 e. The summed E-state index contributed by atoms with van der Waals surface area (Å²) in [5, 5.41) is 0. The molecule has 2 heteroatoms. The fraction of sp³-hybridized carbons (Fsp3) is 0.684. The van der Waals surface area contributed by atoms with Gasteiger partial charge in [-0.05, 0) is 59.6 Å². The van der Waals surface area contributed by atoms with E-state index < -0.39 is 0 Å². The molecule has 2 atom stereocenters. The van der Waals surface area contributed by atoms with Crippen LogP contribution in [0.4, 0.5) is 0 Å². The first-order valence-electron chi connectivity index (χ1n) is 8.45. The molecule has 1 saturated carbocycles. The molecule has 1 aromatic carbocycles. The van der Waals surface area contributed by atoms with Crippen LogP contribution in [0, 0.1) is 5.92 Å². The van der Waals surface area contributed by atoms with Gasteiger partial charge >= 0.3 is 0 Å². The number of nitrogens with two attached hydrogens (primary N) is 2. The van der Waals surface area contributed by atoms with E-state index in [1.54, 1.807) is 0 Å². The molecule has 4 N–H and O–H groups in total. The van der Waals surface area contributed by atoms with E-state index in [2.05, 4.69) is 45.9 Å². The van der Waals surface area contributed by atoms with Crippen LogP contribution >= 0.6 is 0 Å². The molecule has 0 saturated heterocycles. The zero-order valence-corrected chi connectivity index (χ0v) is 13.9. The monoisotopic (exact) mass is 286 g/mol. The van der Waals surface area contributed by atoms with E-state index in [4.69, 9.17) is 11.5 Å². The SMILES string of the molecule is CC1c2cc(C3(N)CCC(N)CC3)ccc2C(C)(C)C1C. The van der Waals surface area contributed by atoms with E-state index in [1.165, 1.54) is 16.7 Å². The Morgan fingerprint density at radius 3 is 2.33 bits per heavy atom. The third-order valence-corrected chi connectivity index (χ3v) is 6.62. The van der Waals surface area contributed by atoms with Crippen LogP contribution in [0.2, 0.25) is 0 Å². The third kappa shape index (κ3) is 2.24. The molecular weight excluding hydrogens is 256 g/mol. The summed E-state index contributed by atoms with van der Waals surface area (Å²) in [6.45, 7) is 9.49. The number of hydrogen-bond donors (Lipinski definition) is 2. The van der Waals surface area contributed by atoms with Gasteiger partial charge in [0.2, 0.25) is 0 Å². The third-order valence-electron chi connectivity index (χ3n) is 6.62. The fourth-order valence-corrected chi connectivity index (χ4v) is 4.42. The minimum absolute atomic E-state index is 0.166. The molecule has 0 bridgehead atoms. The Morgan fingerprint density at radius 2 is 1.71 bits per heavy atom. The lowest BCUT2D eigenvalue weighted by Crippen LogP contribution is -2.43.